The zero-order valence-corrected chi connectivity index (χ0v) is 10.2. The Bertz CT molecular complexity index is 329. The van der Waals surface area contributed by atoms with Gasteiger partial charge in [-0.2, -0.15) is 0 Å². The van der Waals surface area contributed by atoms with Gasteiger partial charge in [0.25, 0.3) is 0 Å². The van der Waals surface area contributed by atoms with E-state index in [1.807, 2.05) is 13.0 Å². The molecule has 1 saturated heterocycles. The molecule has 1 aliphatic rings. The topological polar surface area (TPSA) is 38.2 Å². The molecule has 1 fully saturated rings. The molecule has 1 aromatic heterocycles. The van der Waals surface area contributed by atoms with Gasteiger partial charge in [0, 0.05) is 19.7 Å². The smallest absolute Gasteiger partial charge is 0.151 e. The van der Waals surface area contributed by atoms with Gasteiger partial charge in [-0.25, -0.2) is 0 Å². The Morgan fingerprint density at radius 2 is 2.38 bits per heavy atom. The van der Waals surface area contributed by atoms with Gasteiger partial charge >= 0.3 is 0 Å². The molecule has 2 rings (SSSR count). The zero-order chi connectivity index (χ0) is 11.4. The maximum atomic E-state index is 5.71. The van der Waals surface area contributed by atoms with Crippen LogP contribution in [0, 0.1) is 0 Å². The molecule has 2 heterocycles. The second kappa shape index (κ2) is 5.46. The van der Waals surface area contributed by atoms with E-state index >= 15 is 0 Å². The number of halogens is 1. The zero-order valence-electron chi connectivity index (χ0n) is 9.40. The summed E-state index contributed by atoms with van der Waals surface area (Å²) in [4.78, 5) is 2.20. The molecule has 0 bridgehead atoms. The van der Waals surface area contributed by atoms with Crippen LogP contribution in [0.25, 0.3) is 0 Å². The fourth-order valence-electron chi connectivity index (χ4n) is 2.00. The van der Waals surface area contributed by atoms with Gasteiger partial charge in [0.15, 0.2) is 11.0 Å². The summed E-state index contributed by atoms with van der Waals surface area (Å²) < 4.78 is 5.64. The number of rotatable bonds is 3. The Hall–Kier alpha value is -0.870. The van der Waals surface area contributed by atoms with Crippen molar-refractivity contribution in [1.82, 2.24) is 10.2 Å². The Morgan fingerprint density at radius 3 is 3.06 bits per heavy atom. The molecular formula is C11H16ClN3O. The van der Waals surface area contributed by atoms with Crippen LogP contribution in [0.1, 0.15) is 19.8 Å². The summed E-state index contributed by atoms with van der Waals surface area (Å²) in [6, 6.07) is 3.68. The minimum absolute atomic E-state index is 0.316. The van der Waals surface area contributed by atoms with E-state index in [1.165, 1.54) is 0 Å². The monoisotopic (exact) mass is 241 g/mol. The van der Waals surface area contributed by atoms with Crippen LogP contribution < -0.4 is 4.90 Å². The summed E-state index contributed by atoms with van der Waals surface area (Å²) in [5.41, 5.74) is 0. The van der Waals surface area contributed by atoms with E-state index in [9.17, 15) is 0 Å². The van der Waals surface area contributed by atoms with Crippen molar-refractivity contribution in [2.75, 3.05) is 24.6 Å². The van der Waals surface area contributed by atoms with E-state index in [1.54, 1.807) is 6.07 Å². The summed E-state index contributed by atoms with van der Waals surface area (Å²) in [6.45, 7) is 4.70. The number of aromatic nitrogens is 2. The molecule has 5 heteroatoms. The van der Waals surface area contributed by atoms with Gasteiger partial charge in [-0.1, -0.05) is 11.6 Å². The van der Waals surface area contributed by atoms with Crippen LogP contribution in [-0.2, 0) is 4.74 Å². The van der Waals surface area contributed by atoms with Gasteiger partial charge in [-0.15, -0.1) is 10.2 Å². The standard InChI is InChI=1S/C11H16ClN3O/c1-2-16-9-4-3-7-15(8-9)11-6-5-10(12)13-14-11/h5-6,9H,2-4,7-8H2,1H3. The first-order chi connectivity index (χ1) is 7.79. The van der Waals surface area contributed by atoms with Gasteiger partial charge in [-0.3, -0.25) is 0 Å². The van der Waals surface area contributed by atoms with Gasteiger partial charge < -0.3 is 9.64 Å². The Labute approximate surface area is 101 Å². The molecular weight excluding hydrogens is 226 g/mol. The lowest BCUT2D eigenvalue weighted by atomic mass is 10.1. The van der Waals surface area contributed by atoms with Gasteiger partial charge in [0.2, 0.25) is 0 Å². The van der Waals surface area contributed by atoms with Gasteiger partial charge in [0.1, 0.15) is 0 Å². The molecule has 0 aliphatic carbocycles. The minimum Gasteiger partial charge on any atom is -0.377 e. The Kier molecular flexibility index (Phi) is 3.96. The van der Waals surface area contributed by atoms with Crippen LogP contribution in [0.3, 0.4) is 0 Å². The lowest BCUT2D eigenvalue weighted by Gasteiger charge is -2.32. The van der Waals surface area contributed by atoms with Crippen LogP contribution in [-0.4, -0.2) is 36.0 Å². The molecule has 4 nitrogen and oxygen atoms in total. The normalized spacial score (nSPS) is 21.1. The van der Waals surface area contributed by atoms with Gasteiger partial charge in [-0.05, 0) is 31.9 Å². The summed E-state index contributed by atoms with van der Waals surface area (Å²) >= 11 is 5.71. The molecule has 0 amide bonds. The predicted octanol–water partition coefficient (Wildman–Crippen LogP) is 2.14. The molecule has 1 unspecified atom stereocenters. The van der Waals surface area contributed by atoms with E-state index in [-0.39, 0.29) is 0 Å². The van der Waals surface area contributed by atoms with Crippen LogP contribution in [0.15, 0.2) is 12.1 Å². The summed E-state index contributed by atoms with van der Waals surface area (Å²) in [5, 5.41) is 8.38. The maximum absolute atomic E-state index is 5.71. The van der Waals surface area contributed by atoms with Crippen LogP contribution in [0.4, 0.5) is 5.82 Å². The molecule has 0 N–H and O–H groups in total. The highest BCUT2D eigenvalue weighted by Crippen LogP contribution is 2.19. The minimum atomic E-state index is 0.316. The van der Waals surface area contributed by atoms with Crippen molar-refractivity contribution in [1.29, 1.82) is 0 Å². The van der Waals surface area contributed by atoms with E-state index < -0.39 is 0 Å². The van der Waals surface area contributed by atoms with E-state index in [4.69, 9.17) is 16.3 Å². The average Bonchev–Trinajstić information content (AvgIpc) is 2.31. The molecule has 0 saturated carbocycles. The number of ether oxygens (including phenoxy) is 1. The summed E-state index contributed by atoms with van der Waals surface area (Å²) in [7, 11) is 0. The molecule has 88 valence electrons. The third kappa shape index (κ3) is 2.83. The first kappa shape index (κ1) is 11.6. The Balaban J connectivity index is 2.01. The van der Waals surface area contributed by atoms with Crippen molar-refractivity contribution in [3.8, 4) is 0 Å². The maximum Gasteiger partial charge on any atom is 0.151 e. The SMILES string of the molecule is CCOC1CCCN(c2ccc(Cl)nn2)C1. The summed E-state index contributed by atoms with van der Waals surface area (Å²) in [5.74, 6) is 0.883. The number of nitrogens with zero attached hydrogens (tertiary/aromatic N) is 3. The number of hydrogen-bond acceptors (Lipinski definition) is 4. The average molecular weight is 242 g/mol. The third-order valence-corrected chi connectivity index (χ3v) is 2.92. The van der Waals surface area contributed by atoms with E-state index in [0.717, 1.165) is 38.4 Å². The molecule has 1 aromatic rings. The highest BCUT2D eigenvalue weighted by Gasteiger charge is 2.21. The van der Waals surface area contributed by atoms with Crippen LogP contribution in [0.5, 0.6) is 0 Å². The van der Waals surface area contributed by atoms with Crippen LogP contribution in [0.2, 0.25) is 5.15 Å². The van der Waals surface area contributed by atoms with Crippen molar-refractivity contribution in [3.05, 3.63) is 17.3 Å². The molecule has 0 radical (unpaired) electrons. The second-order valence-electron chi connectivity index (χ2n) is 3.88. The van der Waals surface area contributed by atoms with Crippen molar-refractivity contribution < 1.29 is 4.74 Å². The van der Waals surface area contributed by atoms with Crippen molar-refractivity contribution in [2.24, 2.45) is 0 Å². The van der Waals surface area contributed by atoms with E-state index in [0.29, 0.717) is 11.3 Å². The molecule has 16 heavy (non-hydrogen) atoms. The van der Waals surface area contributed by atoms with Crippen molar-refractivity contribution >= 4 is 17.4 Å². The molecule has 1 atom stereocenters. The fraction of sp³-hybridized carbons (Fsp3) is 0.636. The number of anilines is 1. The number of hydrogen-bond donors (Lipinski definition) is 0. The first-order valence-electron chi connectivity index (χ1n) is 5.65. The highest BCUT2D eigenvalue weighted by molar-refractivity contribution is 6.29. The predicted molar refractivity (Wildman–Crippen MR) is 63.9 cm³/mol. The van der Waals surface area contributed by atoms with Crippen LogP contribution >= 0.6 is 11.6 Å². The fourth-order valence-corrected chi connectivity index (χ4v) is 2.10. The Morgan fingerprint density at radius 1 is 1.50 bits per heavy atom. The highest BCUT2D eigenvalue weighted by atomic mass is 35.5. The largest absolute Gasteiger partial charge is 0.377 e. The summed E-state index contributed by atoms with van der Waals surface area (Å²) in [6.07, 6.45) is 2.58. The van der Waals surface area contributed by atoms with E-state index in [2.05, 4.69) is 15.1 Å². The van der Waals surface area contributed by atoms with Crippen molar-refractivity contribution in [3.63, 3.8) is 0 Å². The second-order valence-corrected chi connectivity index (χ2v) is 4.27. The van der Waals surface area contributed by atoms with Gasteiger partial charge in [0.05, 0.1) is 6.10 Å². The molecule has 1 aliphatic heterocycles. The lowest BCUT2D eigenvalue weighted by Crippen LogP contribution is -2.40. The third-order valence-electron chi connectivity index (χ3n) is 2.72. The first-order valence-corrected chi connectivity index (χ1v) is 6.03. The lowest BCUT2D eigenvalue weighted by molar-refractivity contribution is 0.0525. The van der Waals surface area contributed by atoms with Crippen molar-refractivity contribution in [2.45, 2.75) is 25.9 Å². The number of piperidine rings is 1. The molecule has 0 spiro atoms. The quantitative estimate of drug-likeness (QED) is 0.813. The molecule has 0 aromatic carbocycles.